The fourth-order valence-electron chi connectivity index (χ4n) is 2.42. The molecule has 1 aromatic heterocycles. The third-order valence-electron chi connectivity index (χ3n) is 3.80. The van der Waals surface area contributed by atoms with Gasteiger partial charge in [0, 0.05) is 6.20 Å². The Labute approximate surface area is 144 Å². The number of carbonyl (C=O) groups excluding carboxylic acids is 1. The van der Waals surface area contributed by atoms with Crippen molar-refractivity contribution in [2.75, 3.05) is 18.9 Å². The van der Waals surface area contributed by atoms with Crippen molar-refractivity contribution in [1.82, 2.24) is 9.55 Å². The van der Waals surface area contributed by atoms with Crippen molar-refractivity contribution in [2.45, 2.75) is 50.7 Å². The molecule has 0 radical (unpaired) electrons. The number of nitrogens with zero attached hydrogens (tertiary/aromatic N) is 2. The number of hydrogen-bond donors (Lipinski definition) is 3. The van der Waals surface area contributed by atoms with E-state index in [1.165, 1.54) is 12.3 Å². The normalized spacial score (nSPS) is 25.7. The van der Waals surface area contributed by atoms with Crippen molar-refractivity contribution in [2.24, 2.45) is 0 Å². The molecule has 0 unspecified atom stereocenters. The lowest BCUT2D eigenvalue weighted by atomic mass is 10.1. The lowest BCUT2D eigenvalue weighted by Gasteiger charge is -2.16. The second-order valence-electron chi connectivity index (χ2n) is 5.71. The number of nitrogens with two attached hydrogens (primary N) is 1. The Kier molecular flexibility index (Phi) is 6.73. The number of aliphatic hydroxyl groups excluding tert-OH is 2. The fraction of sp³-hybridized carbons (Fsp3) is 0.667. The molecule has 1 aliphatic heterocycles. The van der Waals surface area contributed by atoms with E-state index in [1.807, 2.05) is 6.92 Å². The lowest BCUT2D eigenvalue weighted by molar-refractivity contribution is -0.0642. The Morgan fingerprint density at radius 1 is 1.36 bits per heavy atom. The highest BCUT2D eigenvalue weighted by molar-refractivity contribution is 5.59. The molecular formula is C15H23N3O7. The maximum absolute atomic E-state index is 11.8. The molecule has 10 heteroatoms. The number of unbranched alkanes of at least 4 members (excludes halogenated alkanes) is 2. The third kappa shape index (κ3) is 4.91. The molecule has 0 spiro atoms. The van der Waals surface area contributed by atoms with Crippen LogP contribution < -0.4 is 11.4 Å². The summed E-state index contributed by atoms with van der Waals surface area (Å²) in [5.41, 5.74) is 4.68. The highest BCUT2D eigenvalue weighted by atomic mass is 16.7. The largest absolute Gasteiger partial charge is 0.508 e. The minimum atomic E-state index is -1.39. The maximum atomic E-state index is 11.8. The van der Waals surface area contributed by atoms with Gasteiger partial charge in [0.1, 0.15) is 30.7 Å². The van der Waals surface area contributed by atoms with Gasteiger partial charge >= 0.3 is 11.8 Å². The van der Waals surface area contributed by atoms with Gasteiger partial charge in [0.2, 0.25) is 0 Å². The zero-order valence-electron chi connectivity index (χ0n) is 13.9. The standard InChI is InChI=1S/C15H23N3O7/c1-2-3-4-7-23-15(22)24-8-9-11(19)12(20)13(25-9)18-6-5-10(16)17-14(18)21/h5-6,9,11-13,19-20H,2-4,7-8H2,1H3,(H2,16,17,21)/t9-,11-,12-,13-/m1/s1. The van der Waals surface area contributed by atoms with Gasteiger partial charge in [-0.1, -0.05) is 19.8 Å². The summed E-state index contributed by atoms with van der Waals surface area (Å²) < 4.78 is 16.2. The molecule has 4 atom stereocenters. The molecule has 1 aromatic rings. The highest BCUT2D eigenvalue weighted by Gasteiger charge is 2.44. The van der Waals surface area contributed by atoms with Crippen LogP contribution in [0.1, 0.15) is 32.4 Å². The maximum Gasteiger partial charge on any atom is 0.508 e. The summed E-state index contributed by atoms with van der Waals surface area (Å²) in [6, 6.07) is 1.36. The molecule has 0 saturated carbocycles. The van der Waals surface area contributed by atoms with Crippen LogP contribution in [0.5, 0.6) is 0 Å². The molecular weight excluding hydrogens is 334 g/mol. The molecule has 0 aliphatic carbocycles. The average molecular weight is 357 g/mol. The van der Waals surface area contributed by atoms with Crippen LogP contribution in [0.15, 0.2) is 17.1 Å². The first-order valence-corrected chi connectivity index (χ1v) is 8.09. The van der Waals surface area contributed by atoms with E-state index in [-0.39, 0.29) is 19.0 Å². The molecule has 0 amide bonds. The molecule has 2 rings (SSSR count). The van der Waals surface area contributed by atoms with Crippen LogP contribution in [-0.2, 0) is 14.2 Å². The average Bonchev–Trinajstić information content (AvgIpc) is 2.85. The van der Waals surface area contributed by atoms with Crippen LogP contribution in [0.3, 0.4) is 0 Å². The summed E-state index contributed by atoms with van der Waals surface area (Å²) in [4.78, 5) is 26.8. The van der Waals surface area contributed by atoms with E-state index < -0.39 is 36.4 Å². The first-order valence-electron chi connectivity index (χ1n) is 8.09. The number of hydrogen-bond acceptors (Lipinski definition) is 9. The Hall–Kier alpha value is -2.17. The zero-order valence-corrected chi connectivity index (χ0v) is 13.9. The Morgan fingerprint density at radius 2 is 2.12 bits per heavy atom. The van der Waals surface area contributed by atoms with E-state index in [1.54, 1.807) is 0 Å². The number of anilines is 1. The summed E-state index contributed by atoms with van der Waals surface area (Å²) in [5.74, 6) is 0.0278. The molecule has 4 N–H and O–H groups in total. The monoisotopic (exact) mass is 357 g/mol. The van der Waals surface area contributed by atoms with Crippen molar-refractivity contribution in [1.29, 1.82) is 0 Å². The highest BCUT2D eigenvalue weighted by Crippen LogP contribution is 2.28. The minimum absolute atomic E-state index is 0.0278. The Balaban J connectivity index is 1.89. The van der Waals surface area contributed by atoms with Crippen LogP contribution in [0.25, 0.3) is 0 Å². The van der Waals surface area contributed by atoms with Gasteiger partial charge in [0.15, 0.2) is 6.23 Å². The molecule has 0 bridgehead atoms. The van der Waals surface area contributed by atoms with Gasteiger partial charge < -0.3 is 30.2 Å². The number of carbonyl (C=O) groups is 1. The topological polar surface area (TPSA) is 146 Å². The van der Waals surface area contributed by atoms with Gasteiger partial charge in [-0.05, 0) is 12.5 Å². The number of rotatable bonds is 7. The summed E-state index contributed by atoms with van der Waals surface area (Å²) in [6.45, 7) is 1.96. The van der Waals surface area contributed by atoms with Crippen LogP contribution >= 0.6 is 0 Å². The Morgan fingerprint density at radius 3 is 2.80 bits per heavy atom. The number of aliphatic hydroxyl groups is 2. The lowest BCUT2D eigenvalue weighted by Crippen LogP contribution is -2.36. The van der Waals surface area contributed by atoms with E-state index in [0.717, 1.165) is 23.8 Å². The van der Waals surface area contributed by atoms with Gasteiger partial charge in [0.25, 0.3) is 0 Å². The van der Waals surface area contributed by atoms with Crippen LogP contribution in [0.2, 0.25) is 0 Å². The van der Waals surface area contributed by atoms with Crippen LogP contribution in [0.4, 0.5) is 10.6 Å². The molecule has 140 valence electrons. The van der Waals surface area contributed by atoms with Crippen molar-refractivity contribution >= 4 is 12.0 Å². The minimum Gasteiger partial charge on any atom is -0.434 e. The van der Waals surface area contributed by atoms with E-state index >= 15 is 0 Å². The third-order valence-corrected chi connectivity index (χ3v) is 3.80. The number of nitrogen functional groups attached to an aromatic ring is 1. The van der Waals surface area contributed by atoms with Gasteiger partial charge in [-0.3, -0.25) is 4.57 Å². The van der Waals surface area contributed by atoms with Gasteiger partial charge in [-0.15, -0.1) is 0 Å². The first-order chi connectivity index (χ1) is 11.9. The van der Waals surface area contributed by atoms with Crippen molar-refractivity contribution in [3.8, 4) is 0 Å². The molecule has 25 heavy (non-hydrogen) atoms. The molecule has 1 aliphatic rings. The quantitative estimate of drug-likeness (QED) is 0.445. The predicted octanol–water partition coefficient (Wildman–Crippen LogP) is -0.212. The summed E-state index contributed by atoms with van der Waals surface area (Å²) in [7, 11) is 0. The summed E-state index contributed by atoms with van der Waals surface area (Å²) in [6.07, 6.45) is -1.80. The second-order valence-corrected chi connectivity index (χ2v) is 5.71. The van der Waals surface area contributed by atoms with Gasteiger partial charge in [0.05, 0.1) is 6.61 Å². The molecule has 10 nitrogen and oxygen atoms in total. The predicted molar refractivity (Wildman–Crippen MR) is 85.7 cm³/mol. The van der Waals surface area contributed by atoms with Gasteiger partial charge in [-0.25, -0.2) is 9.59 Å². The molecule has 0 aromatic carbocycles. The number of aromatic nitrogens is 2. The SMILES string of the molecule is CCCCCOC(=O)OC[C@H]1O[C@@H](n2ccc(N)nc2=O)[C@H](O)[C@@H]1O. The summed E-state index contributed by atoms with van der Waals surface area (Å²) in [5, 5.41) is 20.1. The van der Waals surface area contributed by atoms with E-state index in [9.17, 15) is 19.8 Å². The van der Waals surface area contributed by atoms with Crippen molar-refractivity contribution in [3.05, 3.63) is 22.7 Å². The molecule has 1 fully saturated rings. The Bertz CT molecular complexity index is 636. The summed E-state index contributed by atoms with van der Waals surface area (Å²) >= 11 is 0. The van der Waals surface area contributed by atoms with Crippen molar-refractivity contribution < 1.29 is 29.2 Å². The van der Waals surface area contributed by atoms with Gasteiger partial charge in [-0.2, -0.15) is 4.98 Å². The van der Waals surface area contributed by atoms with E-state index in [4.69, 9.17) is 19.9 Å². The smallest absolute Gasteiger partial charge is 0.434 e. The zero-order chi connectivity index (χ0) is 18.4. The van der Waals surface area contributed by atoms with Crippen LogP contribution in [0, 0.1) is 0 Å². The second kappa shape index (κ2) is 8.79. The molecule has 2 heterocycles. The fourth-order valence-corrected chi connectivity index (χ4v) is 2.42. The van der Waals surface area contributed by atoms with E-state index in [0.29, 0.717) is 0 Å². The first kappa shape index (κ1) is 19.2. The van der Waals surface area contributed by atoms with E-state index in [2.05, 4.69) is 4.98 Å². The van der Waals surface area contributed by atoms with Crippen molar-refractivity contribution in [3.63, 3.8) is 0 Å². The number of ether oxygens (including phenoxy) is 3. The molecule has 1 saturated heterocycles. The van der Waals surface area contributed by atoms with Crippen LogP contribution in [-0.4, -0.2) is 57.4 Å².